The monoisotopic (exact) mass is 328 g/mol. The normalized spacial score (nSPS) is 16.0. The average Bonchev–Trinajstić information content (AvgIpc) is 2.46. The molecule has 0 aliphatic carbocycles. The highest BCUT2D eigenvalue weighted by molar-refractivity contribution is 7.91. The topological polar surface area (TPSA) is 89.7 Å². The Hall–Kier alpha value is -1.51. The molecule has 1 fully saturated rings. The number of hydrogen-bond acceptors (Lipinski definition) is 5. The van der Waals surface area contributed by atoms with Gasteiger partial charge in [-0.1, -0.05) is 24.4 Å². The number of rotatable bonds is 5. The molecule has 0 radical (unpaired) electrons. The van der Waals surface area contributed by atoms with Crippen molar-refractivity contribution >= 4 is 33.0 Å². The number of carbonyl (C=O) groups excluding carboxylic acids is 1. The van der Waals surface area contributed by atoms with E-state index in [0.29, 0.717) is 18.7 Å². The van der Waals surface area contributed by atoms with Gasteiger partial charge in [-0.3, -0.25) is 4.79 Å². The van der Waals surface area contributed by atoms with Gasteiger partial charge in [-0.25, -0.2) is 8.42 Å². The number of amides is 1. The Bertz CT molecular complexity index is 641. The zero-order valence-electron chi connectivity index (χ0n) is 11.3. The molecule has 0 aromatic heterocycles. The first-order valence-electron chi connectivity index (χ1n) is 6.38. The Balaban J connectivity index is 2.04. The van der Waals surface area contributed by atoms with Crippen LogP contribution in [-0.4, -0.2) is 56.3 Å². The molecule has 0 atom stereocenters. The van der Waals surface area contributed by atoms with Crippen LogP contribution in [0.15, 0.2) is 29.2 Å². The minimum Gasteiger partial charge on any atom is -0.389 e. The molecule has 0 bridgehead atoms. The number of thiocarbonyl (C=S) groups is 1. The molecule has 1 saturated heterocycles. The highest BCUT2D eigenvalue weighted by Gasteiger charge is 2.22. The molecule has 6 nitrogen and oxygen atoms in total. The third-order valence-electron chi connectivity index (χ3n) is 3.21. The van der Waals surface area contributed by atoms with E-state index in [9.17, 15) is 13.2 Å². The molecule has 1 aromatic carbocycles. The van der Waals surface area contributed by atoms with Gasteiger partial charge >= 0.3 is 0 Å². The third kappa shape index (κ3) is 3.99. The van der Waals surface area contributed by atoms with Crippen LogP contribution in [0.1, 0.15) is 5.56 Å². The van der Waals surface area contributed by atoms with Crippen LogP contribution in [0.5, 0.6) is 0 Å². The first-order chi connectivity index (χ1) is 9.90. The van der Waals surface area contributed by atoms with Crippen LogP contribution in [0, 0.1) is 0 Å². The second-order valence-corrected chi connectivity index (χ2v) is 7.19. The van der Waals surface area contributed by atoms with Gasteiger partial charge in [0.05, 0.1) is 17.3 Å². The van der Waals surface area contributed by atoms with Gasteiger partial charge < -0.3 is 15.4 Å². The molecule has 1 aliphatic heterocycles. The molecule has 8 heteroatoms. The van der Waals surface area contributed by atoms with Gasteiger partial charge in [0.25, 0.3) is 0 Å². The Kier molecular flexibility index (Phi) is 4.92. The molecule has 0 spiro atoms. The quantitative estimate of drug-likeness (QED) is 0.763. The SMILES string of the molecule is NC(=S)c1ccc(S(=O)(=O)CCN2CCOCC2=O)cc1. The number of carbonyl (C=O) groups is 1. The van der Waals surface area contributed by atoms with E-state index in [1.165, 1.54) is 17.0 Å². The van der Waals surface area contributed by atoms with Crippen molar-refractivity contribution < 1.29 is 17.9 Å². The van der Waals surface area contributed by atoms with Gasteiger partial charge in [-0.05, 0) is 12.1 Å². The number of hydrogen-bond donors (Lipinski definition) is 1. The summed E-state index contributed by atoms with van der Waals surface area (Å²) >= 11 is 4.82. The lowest BCUT2D eigenvalue weighted by atomic mass is 10.2. The van der Waals surface area contributed by atoms with E-state index in [0.717, 1.165) is 0 Å². The van der Waals surface area contributed by atoms with Crippen LogP contribution in [0.25, 0.3) is 0 Å². The van der Waals surface area contributed by atoms with E-state index in [-0.39, 0.29) is 34.7 Å². The van der Waals surface area contributed by atoms with E-state index in [1.807, 2.05) is 0 Å². The van der Waals surface area contributed by atoms with Crippen LogP contribution >= 0.6 is 12.2 Å². The molecule has 1 aliphatic rings. The molecule has 0 saturated carbocycles. The van der Waals surface area contributed by atoms with Gasteiger partial charge in [0.2, 0.25) is 5.91 Å². The summed E-state index contributed by atoms with van der Waals surface area (Å²) in [6.07, 6.45) is 0. The predicted octanol–water partition coefficient (Wildman–Crippen LogP) is -0.0467. The fourth-order valence-corrected chi connectivity index (χ4v) is 3.34. The molecular formula is C13H16N2O4S2. The second kappa shape index (κ2) is 6.50. The summed E-state index contributed by atoms with van der Waals surface area (Å²) < 4.78 is 29.5. The van der Waals surface area contributed by atoms with Gasteiger partial charge in [-0.2, -0.15) is 0 Å². The number of nitrogens with zero attached hydrogens (tertiary/aromatic N) is 1. The number of ether oxygens (including phenoxy) is 1. The molecule has 21 heavy (non-hydrogen) atoms. The molecule has 1 aromatic rings. The van der Waals surface area contributed by atoms with Crippen LogP contribution in [-0.2, 0) is 19.4 Å². The summed E-state index contributed by atoms with van der Waals surface area (Å²) in [4.78, 5) is 13.5. The largest absolute Gasteiger partial charge is 0.389 e. The van der Waals surface area contributed by atoms with Gasteiger partial charge in [0.15, 0.2) is 9.84 Å². The zero-order chi connectivity index (χ0) is 15.5. The summed E-state index contributed by atoms with van der Waals surface area (Å²) in [5.74, 6) is -0.300. The van der Waals surface area contributed by atoms with E-state index >= 15 is 0 Å². The Morgan fingerprint density at radius 3 is 2.57 bits per heavy atom. The molecule has 2 N–H and O–H groups in total. The first kappa shape index (κ1) is 15.9. The maximum Gasteiger partial charge on any atom is 0.248 e. The molecule has 1 amide bonds. The predicted molar refractivity (Wildman–Crippen MR) is 81.8 cm³/mol. The molecule has 114 valence electrons. The Morgan fingerprint density at radius 1 is 1.33 bits per heavy atom. The fourth-order valence-electron chi connectivity index (χ4n) is 1.96. The van der Waals surface area contributed by atoms with Crippen molar-refractivity contribution in [3.8, 4) is 0 Å². The number of nitrogens with two attached hydrogens (primary N) is 1. The summed E-state index contributed by atoms with van der Waals surface area (Å²) in [7, 11) is -3.44. The number of morpholine rings is 1. The standard InChI is InChI=1S/C13H16N2O4S2/c14-13(20)10-1-3-11(4-2-10)21(17,18)8-6-15-5-7-19-9-12(15)16/h1-4H,5-9H2,(H2,14,20). The van der Waals surface area contributed by atoms with Crippen LogP contribution in [0.2, 0.25) is 0 Å². The zero-order valence-corrected chi connectivity index (χ0v) is 13.0. The van der Waals surface area contributed by atoms with Gasteiger partial charge in [-0.15, -0.1) is 0 Å². The summed E-state index contributed by atoms with van der Waals surface area (Å²) in [5, 5.41) is 0. The smallest absolute Gasteiger partial charge is 0.248 e. The minimum atomic E-state index is -3.44. The van der Waals surface area contributed by atoms with E-state index in [2.05, 4.69) is 0 Å². The fraction of sp³-hybridized carbons (Fsp3) is 0.385. The number of benzene rings is 1. The minimum absolute atomic E-state index is 0.0166. The Labute approximate surface area is 128 Å². The van der Waals surface area contributed by atoms with Gasteiger partial charge in [0.1, 0.15) is 11.6 Å². The lowest BCUT2D eigenvalue weighted by molar-refractivity contribution is -0.142. The summed E-state index contributed by atoms with van der Waals surface area (Å²) in [6, 6.07) is 6.11. The molecule has 2 rings (SSSR count). The van der Waals surface area contributed by atoms with E-state index in [4.69, 9.17) is 22.7 Å². The lowest BCUT2D eigenvalue weighted by Crippen LogP contribution is -2.43. The van der Waals surface area contributed by atoms with Crippen LogP contribution in [0.4, 0.5) is 0 Å². The van der Waals surface area contributed by atoms with Crippen molar-refractivity contribution in [1.29, 1.82) is 0 Å². The molecular weight excluding hydrogens is 312 g/mol. The average molecular weight is 328 g/mol. The maximum absolute atomic E-state index is 12.2. The number of sulfone groups is 1. The molecule has 0 unspecified atom stereocenters. The molecule has 1 heterocycles. The van der Waals surface area contributed by atoms with Crippen molar-refractivity contribution in [2.45, 2.75) is 4.90 Å². The summed E-state index contributed by atoms with van der Waals surface area (Å²) in [5.41, 5.74) is 6.09. The van der Waals surface area contributed by atoms with Crippen molar-refractivity contribution in [3.05, 3.63) is 29.8 Å². The third-order valence-corrected chi connectivity index (χ3v) is 5.16. The van der Waals surface area contributed by atoms with Crippen molar-refractivity contribution in [1.82, 2.24) is 4.90 Å². The Morgan fingerprint density at radius 2 is 2.00 bits per heavy atom. The van der Waals surface area contributed by atoms with Crippen LogP contribution < -0.4 is 5.73 Å². The second-order valence-electron chi connectivity index (χ2n) is 4.64. The maximum atomic E-state index is 12.2. The van der Waals surface area contributed by atoms with Gasteiger partial charge in [0, 0.05) is 18.7 Å². The highest BCUT2D eigenvalue weighted by Crippen LogP contribution is 2.13. The van der Waals surface area contributed by atoms with E-state index in [1.54, 1.807) is 12.1 Å². The van der Waals surface area contributed by atoms with Crippen molar-refractivity contribution in [2.75, 3.05) is 32.1 Å². The first-order valence-corrected chi connectivity index (χ1v) is 8.44. The van der Waals surface area contributed by atoms with Crippen LogP contribution in [0.3, 0.4) is 0 Å². The highest BCUT2D eigenvalue weighted by atomic mass is 32.2. The van der Waals surface area contributed by atoms with Crippen molar-refractivity contribution in [2.24, 2.45) is 5.73 Å². The van der Waals surface area contributed by atoms with E-state index < -0.39 is 9.84 Å². The summed E-state index contributed by atoms with van der Waals surface area (Å²) in [6.45, 7) is 1.05. The lowest BCUT2D eigenvalue weighted by Gasteiger charge is -2.26. The van der Waals surface area contributed by atoms with Crippen molar-refractivity contribution in [3.63, 3.8) is 0 Å².